The number of amides is 1. The van der Waals surface area contributed by atoms with Gasteiger partial charge in [0.15, 0.2) is 0 Å². The van der Waals surface area contributed by atoms with Crippen LogP contribution in [0.1, 0.15) is 21.5 Å². The lowest BCUT2D eigenvalue weighted by atomic mass is 10.2. The minimum atomic E-state index is -0.355. The Morgan fingerprint density at radius 3 is 1.93 bits per heavy atom. The van der Waals surface area contributed by atoms with Gasteiger partial charge in [0.25, 0.3) is 5.91 Å². The van der Waals surface area contributed by atoms with Crippen LogP contribution in [0.25, 0.3) is 0 Å². The first-order valence-corrected chi connectivity index (χ1v) is 8.41. The Balaban J connectivity index is 1.54. The number of nitrogens with one attached hydrogen (secondary N) is 2. The van der Waals surface area contributed by atoms with E-state index in [-0.39, 0.29) is 17.4 Å². The van der Waals surface area contributed by atoms with Gasteiger partial charge in [0.05, 0.1) is 18.1 Å². The molecule has 4 N–H and O–H groups in total. The topological polar surface area (TPSA) is 106 Å². The van der Waals surface area contributed by atoms with Crippen molar-refractivity contribution in [2.24, 2.45) is 10.2 Å². The molecule has 0 saturated heterocycles. The van der Waals surface area contributed by atoms with Crippen LogP contribution in [-0.2, 0) is 0 Å². The summed E-state index contributed by atoms with van der Waals surface area (Å²) in [6.07, 6.45) is 3.03. The first kappa shape index (κ1) is 18.7. The molecule has 1 amide bonds. The van der Waals surface area contributed by atoms with Crippen molar-refractivity contribution < 1.29 is 15.0 Å². The molecule has 3 aromatic carbocycles. The Bertz CT molecular complexity index is 1010. The summed E-state index contributed by atoms with van der Waals surface area (Å²) in [5, 5.41) is 26.8. The van der Waals surface area contributed by atoms with Crippen LogP contribution in [0.3, 0.4) is 0 Å². The summed E-state index contributed by atoms with van der Waals surface area (Å²) < 4.78 is 0. The van der Waals surface area contributed by atoms with Gasteiger partial charge in [-0.2, -0.15) is 10.2 Å². The van der Waals surface area contributed by atoms with Gasteiger partial charge in [-0.3, -0.25) is 10.2 Å². The number of anilines is 1. The standard InChI is InChI=1S/C21H18N4O3/c26-19-5-1-3-15(11-19)13-22-24-18-9-7-17(8-10-18)21(28)25-23-14-16-4-2-6-20(27)12-16/h1-14,24,26-27H,(H,25,28)/b22-13+,23-14+. The number of hydrogen-bond acceptors (Lipinski definition) is 6. The second-order valence-corrected chi connectivity index (χ2v) is 5.84. The molecule has 0 unspecified atom stereocenters. The summed E-state index contributed by atoms with van der Waals surface area (Å²) in [6, 6.07) is 20.0. The lowest BCUT2D eigenvalue weighted by Gasteiger charge is -2.03. The molecule has 7 nitrogen and oxygen atoms in total. The van der Waals surface area contributed by atoms with Gasteiger partial charge >= 0.3 is 0 Å². The molecular formula is C21H18N4O3. The van der Waals surface area contributed by atoms with Gasteiger partial charge in [0.2, 0.25) is 0 Å². The van der Waals surface area contributed by atoms with Crippen LogP contribution in [-0.4, -0.2) is 28.5 Å². The quantitative estimate of drug-likeness (QED) is 0.392. The Hall–Kier alpha value is -4.13. The van der Waals surface area contributed by atoms with Gasteiger partial charge in [-0.15, -0.1) is 0 Å². The summed E-state index contributed by atoms with van der Waals surface area (Å²) in [5.41, 5.74) is 7.86. The Kier molecular flexibility index (Phi) is 5.99. The SMILES string of the molecule is O=C(N/N=C/c1cccc(O)c1)c1ccc(N/N=C/c2cccc(O)c2)cc1. The lowest BCUT2D eigenvalue weighted by molar-refractivity contribution is 0.0955. The average molecular weight is 374 g/mol. The van der Waals surface area contributed by atoms with Crippen LogP contribution >= 0.6 is 0 Å². The molecule has 3 aromatic rings. The Morgan fingerprint density at radius 2 is 1.36 bits per heavy atom. The number of hydrogen-bond donors (Lipinski definition) is 4. The van der Waals surface area contributed by atoms with Gasteiger partial charge in [-0.25, -0.2) is 5.43 Å². The second-order valence-electron chi connectivity index (χ2n) is 5.84. The van der Waals surface area contributed by atoms with Crippen LogP contribution in [0.15, 0.2) is 83.0 Å². The number of rotatable bonds is 6. The smallest absolute Gasteiger partial charge is 0.271 e. The fourth-order valence-electron chi connectivity index (χ4n) is 2.32. The largest absolute Gasteiger partial charge is 0.508 e. The molecule has 0 atom stereocenters. The Morgan fingerprint density at radius 1 is 0.786 bits per heavy atom. The number of phenols is 2. The van der Waals surface area contributed by atoms with Crippen molar-refractivity contribution >= 4 is 24.0 Å². The summed E-state index contributed by atoms with van der Waals surface area (Å²) >= 11 is 0. The minimum absolute atomic E-state index is 0.130. The summed E-state index contributed by atoms with van der Waals surface area (Å²) in [4.78, 5) is 12.1. The maximum absolute atomic E-state index is 12.1. The van der Waals surface area contributed by atoms with E-state index in [2.05, 4.69) is 21.1 Å². The van der Waals surface area contributed by atoms with Crippen molar-refractivity contribution in [3.05, 3.63) is 89.5 Å². The molecule has 0 spiro atoms. The number of aromatic hydroxyl groups is 2. The number of carbonyl (C=O) groups is 1. The van der Waals surface area contributed by atoms with Crippen LogP contribution in [0, 0.1) is 0 Å². The van der Waals surface area contributed by atoms with E-state index in [1.165, 1.54) is 12.3 Å². The molecule has 0 heterocycles. The van der Waals surface area contributed by atoms with Crippen molar-refractivity contribution in [2.45, 2.75) is 0 Å². The van der Waals surface area contributed by atoms with Gasteiger partial charge in [-0.1, -0.05) is 24.3 Å². The third-order valence-corrected chi connectivity index (χ3v) is 3.67. The third-order valence-electron chi connectivity index (χ3n) is 3.67. The zero-order valence-corrected chi connectivity index (χ0v) is 14.8. The number of carbonyl (C=O) groups excluding carboxylic acids is 1. The highest BCUT2D eigenvalue weighted by Crippen LogP contribution is 2.12. The maximum atomic E-state index is 12.1. The number of nitrogens with zero attached hydrogens (tertiary/aromatic N) is 2. The van der Waals surface area contributed by atoms with Crippen LogP contribution in [0.5, 0.6) is 11.5 Å². The second kappa shape index (κ2) is 9.00. The molecule has 0 aromatic heterocycles. The molecule has 7 heteroatoms. The zero-order chi connectivity index (χ0) is 19.8. The number of hydrazone groups is 2. The first-order valence-electron chi connectivity index (χ1n) is 8.41. The molecule has 28 heavy (non-hydrogen) atoms. The first-order chi connectivity index (χ1) is 13.6. The van der Waals surface area contributed by atoms with Crippen molar-refractivity contribution in [3.63, 3.8) is 0 Å². The molecule has 0 saturated carbocycles. The van der Waals surface area contributed by atoms with E-state index in [1.54, 1.807) is 66.9 Å². The molecule has 0 fully saturated rings. The van der Waals surface area contributed by atoms with E-state index in [4.69, 9.17) is 0 Å². The van der Waals surface area contributed by atoms with Gasteiger partial charge in [0.1, 0.15) is 11.5 Å². The van der Waals surface area contributed by atoms with E-state index >= 15 is 0 Å². The minimum Gasteiger partial charge on any atom is -0.508 e. The summed E-state index contributed by atoms with van der Waals surface area (Å²) in [7, 11) is 0. The highest BCUT2D eigenvalue weighted by Gasteiger charge is 2.03. The number of phenolic OH excluding ortho intramolecular Hbond substituents is 2. The molecule has 3 rings (SSSR count). The van der Waals surface area contributed by atoms with E-state index in [9.17, 15) is 15.0 Å². The zero-order valence-electron chi connectivity index (χ0n) is 14.8. The van der Waals surface area contributed by atoms with Gasteiger partial charge in [0, 0.05) is 5.56 Å². The van der Waals surface area contributed by atoms with Crippen molar-refractivity contribution in [3.8, 4) is 11.5 Å². The predicted octanol–water partition coefficient (Wildman–Crippen LogP) is 3.31. The Labute approximate surface area is 161 Å². The predicted molar refractivity (Wildman–Crippen MR) is 109 cm³/mol. The third kappa shape index (κ3) is 5.43. The van der Waals surface area contributed by atoms with E-state index < -0.39 is 0 Å². The average Bonchev–Trinajstić information content (AvgIpc) is 2.69. The highest BCUT2D eigenvalue weighted by molar-refractivity contribution is 5.95. The monoisotopic (exact) mass is 374 g/mol. The molecule has 140 valence electrons. The lowest BCUT2D eigenvalue weighted by Crippen LogP contribution is -2.17. The molecule has 0 aliphatic carbocycles. The van der Waals surface area contributed by atoms with E-state index in [1.807, 2.05) is 6.07 Å². The van der Waals surface area contributed by atoms with E-state index in [0.717, 1.165) is 5.56 Å². The summed E-state index contributed by atoms with van der Waals surface area (Å²) in [6.45, 7) is 0. The van der Waals surface area contributed by atoms with Gasteiger partial charge in [-0.05, 0) is 59.7 Å². The fraction of sp³-hybridized carbons (Fsp3) is 0. The van der Waals surface area contributed by atoms with Crippen molar-refractivity contribution in [2.75, 3.05) is 5.43 Å². The fourth-order valence-corrected chi connectivity index (χ4v) is 2.32. The van der Waals surface area contributed by atoms with Crippen LogP contribution < -0.4 is 10.9 Å². The van der Waals surface area contributed by atoms with Crippen LogP contribution in [0.2, 0.25) is 0 Å². The molecule has 0 aliphatic rings. The highest BCUT2D eigenvalue weighted by atomic mass is 16.3. The van der Waals surface area contributed by atoms with Crippen molar-refractivity contribution in [1.82, 2.24) is 5.43 Å². The molecule has 0 aliphatic heterocycles. The maximum Gasteiger partial charge on any atom is 0.271 e. The molecular weight excluding hydrogens is 356 g/mol. The van der Waals surface area contributed by atoms with Gasteiger partial charge < -0.3 is 10.2 Å². The van der Waals surface area contributed by atoms with Crippen LogP contribution in [0.4, 0.5) is 5.69 Å². The summed E-state index contributed by atoms with van der Waals surface area (Å²) in [5.74, 6) is -0.0534. The molecule has 0 bridgehead atoms. The number of benzene rings is 3. The molecule has 0 radical (unpaired) electrons. The van der Waals surface area contributed by atoms with E-state index in [0.29, 0.717) is 16.8 Å². The normalized spacial score (nSPS) is 11.0. The van der Waals surface area contributed by atoms with Crippen molar-refractivity contribution in [1.29, 1.82) is 0 Å².